The van der Waals surface area contributed by atoms with Crippen molar-refractivity contribution in [3.63, 3.8) is 0 Å². The number of hydrogen-bond donors (Lipinski definition) is 1. The van der Waals surface area contributed by atoms with Gasteiger partial charge >= 0.3 is 0 Å². The van der Waals surface area contributed by atoms with Gasteiger partial charge in [-0.05, 0) is 36.8 Å². The van der Waals surface area contributed by atoms with Gasteiger partial charge in [0.05, 0.1) is 17.0 Å². The van der Waals surface area contributed by atoms with Gasteiger partial charge in [-0.3, -0.25) is 4.79 Å². The van der Waals surface area contributed by atoms with E-state index in [1.165, 1.54) is 22.7 Å². The molecule has 9 heteroatoms. The van der Waals surface area contributed by atoms with Crippen molar-refractivity contribution in [1.29, 1.82) is 0 Å². The second-order valence-electron chi connectivity index (χ2n) is 6.01. The van der Waals surface area contributed by atoms with E-state index in [-0.39, 0.29) is 30.4 Å². The maximum absolute atomic E-state index is 13.0. The highest BCUT2D eigenvalue weighted by atomic mass is 32.2. The summed E-state index contributed by atoms with van der Waals surface area (Å²) in [6.07, 6.45) is 1.87. The minimum Gasteiger partial charge on any atom is -0.467 e. The van der Waals surface area contributed by atoms with Gasteiger partial charge in [0.15, 0.2) is 0 Å². The van der Waals surface area contributed by atoms with Gasteiger partial charge < -0.3 is 15.1 Å². The molecule has 1 saturated heterocycles. The van der Waals surface area contributed by atoms with Crippen molar-refractivity contribution < 1.29 is 22.0 Å². The average Bonchev–Trinajstić information content (AvgIpc) is 2.97. The van der Waals surface area contributed by atoms with Gasteiger partial charge in [0, 0.05) is 26.2 Å². The molecular formula is C17H20FN3O4S. The van der Waals surface area contributed by atoms with Gasteiger partial charge in [-0.1, -0.05) is 0 Å². The van der Waals surface area contributed by atoms with Gasteiger partial charge in [0.1, 0.15) is 17.8 Å². The SMILES string of the molecule is NCc1cc(C(=O)N2CCCN(S(=O)(=O)c3ccc(F)cc3)CC2)co1. The Morgan fingerprint density at radius 3 is 2.54 bits per heavy atom. The van der Waals surface area contributed by atoms with E-state index in [4.69, 9.17) is 10.2 Å². The highest BCUT2D eigenvalue weighted by molar-refractivity contribution is 7.89. The molecule has 0 aliphatic carbocycles. The molecule has 0 radical (unpaired) electrons. The molecule has 1 aromatic heterocycles. The molecule has 1 aliphatic rings. The number of amides is 1. The number of benzene rings is 1. The van der Waals surface area contributed by atoms with Crippen molar-refractivity contribution in [2.75, 3.05) is 26.2 Å². The standard InChI is InChI=1S/C17H20FN3O4S/c18-14-2-4-16(5-3-14)26(23,24)21-7-1-6-20(8-9-21)17(22)13-10-15(11-19)25-12-13/h2-5,10,12H,1,6-9,11,19H2. The van der Waals surface area contributed by atoms with E-state index >= 15 is 0 Å². The van der Waals surface area contributed by atoms with E-state index in [1.54, 1.807) is 11.0 Å². The molecule has 2 aromatic rings. The van der Waals surface area contributed by atoms with E-state index in [1.807, 2.05) is 0 Å². The van der Waals surface area contributed by atoms with Crippen LogP contribution >= 0.6 is 0 Å². The molecule has 140 valence electrons. The van der Waals surface area contributed by atoms with Crippen LogP contribution in [0.1, 0.15) is 22.5 Å². The molecular weight excluding hydrogens is 361 g/mol. The minimum atomic E-state index is -3.72. The molecule has 2 N–H and O–H groups in total. The Balaban J connectivity index is 1.71. The molecule has 2 heterocycles. The molecule has 26 heavy (non-hydrogen) atoms. The number of nitrogens with two attached hydrogens (primary N) is 1. The Labute approximate surface area is 151 Å². The number of nitrogens with zero attached hydrogens (tertiary/aromatic N) is 2. The maximum Gasteiger partial charge on any atom is 0.257 e. The summed E-state index contributed by atoms with van der Waals surface area (Å²) in [6, 6.07) is 6.33. The molecule has 7 nitrogen and oxygen atoms in total. The summed E-state index contributed by atoms with van der Waals surface area (Å²) in [5, 5.41) is 0. The van der Waals surface area contributed by atoms with Crippen LogP contribution in [-0.4, -0.2) is 49.7 Å². The van der Waals surface area contributed by atoms with Gasteiger partial charge in [-0.2, -0.15) is 4.31 Å². The first-order valence-corrected chi connectivity index (χ1v) is 9.68. The Morgan fingerprint density at radius 2 is 1.88 bits per heavy atom. The summed E-state index contributed by atoms with van der Waals surface area (Å²) in [5.41, 5.74) is 5.88. The zero-order chi connectivity index (χ0) is 18.7. The summed E-state index contributed by atoms with van der Waals surface area (Å²) in [4.78, 5) is 14.2. The first-order chi connectivity index (χ1) is 12.4. The molecule has 0 unspecified atom stereocenters. The lowest BCUT2D eigenvalue weighted by molar-refractivity contribution is 0.0763. The van der Waals surface area contributed by atoms with E-state index in [0.717, 1.165) is 12.1 Å². The number of halogens is 1. The zero-order valence-corrected chi connectivity index (χ0v) is 14.9. The number of carbonyl (C=O) groups excluding carboxylic acids is 1. The largest absolute Gasteiger partial charge is 0.467 e. The normalized spacial score (nSPS) is 16.5. The Kier molecular flexibility index (Phi) is 5.40. The number of carbonyl (C=O) groups is 1. The molecule has 0 bridgehead atoms. The van der Waals surface area contributed by atoms with E-state index in [9.17, 15) is 17.6 Å². The van der Waals surface area contributed by atoms with Crippen LogP contribution in [0.3, 0.4) is 0 Å². The molecule has 1 amide bonds. The third kappa shape index (κ3) is 3.79. The molecule has 1 fully saturated rings. The third-order valence-corrected chi connectivity index (χ3v) is 6.21. The number of hydrogen-bond acceptors (Lipinski definition) is 5. The van der Waals surface area contributed by atoms with Crippen LogP contribution < -0.4 is 5.73 Å². The molecule has 0 saturated carbocycles. The lowest BCUT2D eigenvalue weighted by Crippen LogP contribution is -2.37. The highest BCUT2D eigenvalue weighted by Crippen LogP contribution is 2.19. The lowest BCUT2D eigenvalue weighted by atomic mass is 10.2. The number of furan rings is 1. The predicted octanol–water partition coefficient (Wildman–Crippen LogP) is 1.41. The van der Waals surface area contributed by atoms with E-state index < -0.39 is 15.8 Å². The average molecular weight is 381 g/mol. The molecule has 0 atom stereocenters. The van der Waals surface area contributed by atoms with Crippen LogP contribution in [0.25, 0.3) is 0 Å². The van der Waals surface area contributed by atoms with Gasteiger partial charge in [0.25, 0.3) is 5.91 Å². The molecule has 3 rings (SSSR count). The lowest BCUT2D eigenvalue weighted by Gasteiger charge is -2.21. The molecule has 1 aliphatic heterocycles. The van der Waals surface area contributed by atoms with Crippen LogP contribution in [-0.2, 0) is 16.6 Å². The fourth-order valence-electron chi connectivity index (χ4n) is 2.88. The van der Waals surface area contributed by atoms with Crippen LogP contribution in [0.5, 0.6) is 0 Å². The summed E-state index contributed by atoms with van der Waals surface area (Å²) in [6.45, 7) is 1.38. The summed E-state index contributed by atoms with van der Waals surface area (Å²) >= 11 is 0. The van der Waals surface area contributed by atoms with Crippen molar-refractivity contribution in [2.24, 2.45) is 5.73 Å². The maximum atomic E-state index is 13.0. The van der Waals surface area contributed by atoms with Crippen molar-refractivity contribution in [3.05, 3.63) is 53.7 Å². The van der Waals surface area contributed by atoms with E-state index in [2.05, 4.69) is 0 Å². The van der Waals surface area contributed by atoms with Gasteiger partial charge in [0.2, 0.25) is 10.0 Å². The summed E-state index contributed by atoms with van der Waals surface area (Å²) < 4.78 is 45.0. The predicted molar refractivity (Wildman–Crippen MR) is 92.3 cm³/mol. The second kappa shape index (κ2) is 7.56. The number of sulfonamides is 1. The fraction of sp³-hybridized carbons (Fsp3) is 0.353. The summed E-state index contributed by atoms with van der Waals surface area (Å²) in [7, 11) is -3.72. The molecule has 1 aromatic carbocycles. The quantitative estimate of drug-likeness (QED) is 0.864. The van der Waals surface area contributed by atoms with Crippen LogP contribution in [0.15, 0.2) is 45.9 Å². The smallest absolute Gasteiger partial charge is 0.257 e. The highest BCUT2D eigenvalue weighted by Gasteiger charge is 2.29. The first kappa shape index (κ1) is 18.6. The van der Waals surface area contributed by atoms with Crippen molar-refractivity contribution in [1.82, 2.24) is 9.21 Å². The Morgan fingerprint density at radius 1 is 1.15 bits per heavy atom. The van der Waals surface area contributed by atoms with Crippen molar-refractivity contribution >= 4 is 15.9 Å². The van der Waals surface area contributed by atoms with Gasteiger partial charge in [-0.15, -0.1) is 0 Å². The first-order valence-electron chi connectivity index (χ1n) is 8.24. The topological polar surface area (TPSA) is 96.9 Å². The fourth-order valence-corrected chi connectivity index (χ4v) is 4.34. The Hall–Kier alpha value is -2.23. The van der Waals surface area contributed by atoms with Gasteiger partial charge in [-0.25, -0.2) is 12.8 Å². The third-order valence-electron chi connectivity index (χ3n) is 4.30. The Bertz CT molecular complexity index is 880. The van der Waals surface area contributed by atoms with Crippen molar-refractivity contribution in [3.8, 4) is 0 Å². The minimum absolute atomic E-state index is 0.0427. The second-order valence-corrected chi connectivity index (χ2v) is 7.95. The summed E-state index contributed by atoms with van der Waals surface area (Å²) in [5.74, 6) is -0.188. The van der Waals surface area contributed by atoms with Crippen LogP contribution in [0, 0.1) is 5.82 Å². The van der Waals surface area contributed by atoms with E-state index in [0.29, 0.717) is 30.8 Å². The monoisotopic (exact) mass is 381 g/mol. The number of rotatable bonds is 4. The van der Waals surface area contributed by atoms with Crippen LogP contribution in [0.2, 0.25) is 0 Å². The van der Waals surface area contributed by atoms with Crippen molar-refractivity contribution in [2.45, 2.75) is 17.9 Å². The zero-order valence-electron chi connectivity index (χ0n) is 14.1. The molecule has 0 spiro atoms. The van der Waals surface area contributed by atoms with Crippen LogP contribution in [0.4, 0.5) is 4.39 Å².